The lowest BCUT2D eigenvalue weighted by Gasteiger charge is -2.22. The fourth-order valence-electron chi connectivity index (χ4n) is 1.37. The van der Waals surface area contributed by atoms with Crippen molar-refractivity contribution in [1.29, 1.82) is 0 Å². The van der Waals surface area contributed by atoms with Crippen molar-refractivity contribution in [3.05, 3.63) is 17.3 Å². The zero-order valence-electron chi connectivity index (χ0n) is 11.3. The van der Waals surface area contributed by atoms with Crippen LogP contribution in [0.2, 0.25) is 0 Å². The second-order valence-electron chi connectivity index (χ2n) is 5.07. The maximum absolute atomic E-state index is 9.73. The topological polar surface area (TPSA) is 58.0 Å². The van der Waals surface area contributed by atoms with Gasteiger partial charge in [-0.15, -0.1) is 22.0 Å². The zero-order valence-corrected chi connectivity index (χ0v) is 12.9. The Labute approximate surface area is 118 Å². The summed E-state index contributed by atoms with van der Waals surface area (Å²) in [5.41, 5.74) is 1.22. The number of aromatic nitrogens is 2. The summed E-state index contributed by atoms with van der Waals surface area (Å²) < 4.78 is 0. The first kappa shape index (κ1) is 15.3. The predicted molar refractivity (Wildman–Crippen MR) is 79.0 cm³/mol. The quantitative estimate of drug-likeness (QED) is 0.656. The van der Waals surface area contributed by atoms with Gasteiger partial charge in [-0.25, -0.2) is 0 Å². The van der Waals surface area contributed by atoms with E-state index in [1.54, 1.807) is 13.0 Å². The third-order valence-corrected chi connectivity index (χ3v) is 3.17. The van der Waals surface area contributed by atoms with Crippen molar-refractivity contribution in [2.24, 2.45) is 0 Å². The normalized spacial score (nSPS) is 13.2. The lowest BCUT2D eigenvalue weighted by atomic mass is 10.1. The number of thiocarbonyl (C=S) groups is 1. The first-order chi connectivity index (χ1) is 8.24. The van der Waals surface area contributed by atoms with E-state index in [4.69, 9.17) is 12.2 Å². The minimum Gasteiger partial charge on any atom is -0.389 e. The second kappa shape index (κ2) is 5.95. The van der Waals surface area contributed by atoms with E-state index in [2.05, 4.69) is 15.5 Å². The van der Waals surface area contributed by atoms with Crippen LogP contribution in [0, 0.1) is 0 Å². The van der Waals surface area contributed by atoms with E-state index in [1.165, 1.54) is 11.8 Å². The van der Waals surface area contributed by atoms with E-state index in [-0.39, 0.29) is 5.54 Å². The van der Waals surface area contributed by atoms with Gasteiger partial charge in [0.15, 0.2) is 0 Å². The molecule has 2 N–H and O–H groups in total. The minimum atomic E-state index is -0.584. The van der Waals surface area contributed by atoms with Crippen LogP contribution < -0.4 is 5.32 Å². The van der Waals surface area contributed by atoms with Gasteiger partial charge in [-0.1, -0.05) is 12.2 Å². The van der Waals surface area contributed by atoms with E-state index in [9.17, 15) is 5.11 Å². The van der Waals surface area contributed by atoms with Crippen LogP contribution in [0.1, 0.15) is 45.1 Å². The molecular formula is C12H19N3OS2. The summed E-state index contributed by atoms with van der Waals surface area (Å²) in [6.45, 7) is 7.79. The van der Waals surface area contributed by atoms with Crippen molar-refractivity contribution >= 4 is 29.0 Å². The number of hydrogen-bond donors (Lipinski definition) is 2. The highest BCUT2D eigenvalue weighted by Gasteiger charge is 2.17. The Bertz CT molecular complexity index is 441. The van der Waals surface area contributed by atoms with Gasteiger partial charge in [-0.2, -0.15) is 0 Å². The fourth-order valence-corrected chi connectivity index (χ4v) is 2.36. The molecule has 100 valence electrons. The van der Waals surface area contributed by atoms with Gasteiger partial charge in [0.05, 0.1) is 6.10 Å². The predicted octanol–water partition coefficient (Wildman–Crippen LogP) is 2.32. The molecule has 0 aliphatic rings. The number of nitrogens with zero attached hydrogens (tertiary/aromatic N) is 2. The Hall–Kier alpha value is -0.720. The molecule has 1 aromatic rings. The van der Waals surface area contributed by atoms with Gasteiger partial charge in [0, 0.05) is 11.1 Å². The van der Waals surface area contributed by atoms with E-state index in [1.807, 2.05) is 27.0 Å². The highest BCUT2D eigenvalue weighted by molar-refractivity contribution is 7.98. The Morgan fingerprint density at radius 3 is 2.50 bits per heavy atom. The molecule has 4 nitrogen and oxygen atoms in total. The average molecular weight is 285 g/mol. The maximum atomic E-state index is 9.73. The summed E-state index contributed by atoms with van der Waals surface area (Å²) in [5.74, 6) is 0. The van der Waals surface area contributed by atoms with Gasteiger partial charge < -0.3 is 10.4 Å². The van der Waals surface area contributed by atoms with Crippen molar-refractivity contribution in [3.63, 3.8) is 0 Å². The Balaban J connectivity index is 3.05. The van der Waals surface area contributed by atoms with E-state index in [0.29, 0.717) is 10.7 Å². The molecule has 18 heavy (non-hydrogen) atoms. The molecule has 1 atom stereocenters. The van der Waals surface area contributed by atoms with Crippen LogP contribution in [0.3, 0.4) is 0 Å². The second-order valence-corrected chi connectivity index (χ2v) is 6.28. The highest BCUT2D eigenvalue weighted by Crippen LogP contribution is 2.23. The molecule has 0 fully saturated rings. The fraction of sp³-hybridized carbons (Fsp3) is 0.583. The lowest BCUT2D eigenvalue weighted by Crippen LogP contribution is -2.40. The van der Waals surface area contributed by atoms with Crippen LogP contribution in [0.15, 0.2) is 11.1 Å². The van der Waals surface area contributed by atoms with Gasteiger partial charge in [0.25, 0.3) is 0 Å². The largest absolute Gasteiger partial charge is 0.389 e. The van der Waals surface area contributed by atoms with Crippen LogP contribution in [0.5, 0.6) is 0 Å². The van der Waals surface area contributed by atoms with Gasteiger partial charge in [-0.3, -0.25) is 0 Å². The van der Waals surface area contributed by atoms with Crippen molar-refractivity contribution in [2.45, 2.75) is 44.4 Å². The zero-order chi connectivity index (χ0) is 13.9. The number of rotatable bonds is 3. The van der Waals surface area contributed by atoms with Gasteiger partial charge in [0.2, 0.25) is 0 Å². The van der Waals surface area contributed by atoms with E-state index in [0.717, 1.165) is 10.6 Å². The molecule has 0 aliphatic carbocycles. The van der Waals surface area contributed by atoms with Crippen molar-refractivity contribution in [3.8, 4) is 0 Å². The molecule has 0 saturated carbocycles. The summed E-state index contributed by atoms with van der Waals surface area (Å²) >= 11 is 6.75. The first-order valence-corrected chi connectivity index (χ1v) is 7.30. The maximum Gasteiger partial charge on any atom is 0.127 e. The van der Waals surface area contributed by atoms with Crippen molar-refractivity contribution in [2.75, 3.05) is 6.26 Å². The summed E-state index contributed by atoms with van der Waals surface area (Å²) in [5, 5.41) is 21.8. The van der Waals surface area contributed by atoms with Crippen LogP contribution in [-0.4, -0.2) is 32.1 Å². The van der Waals surface area contributed by atoms with Gasteiger partial charge in [0.1, 0.15) is 15.7 Å². The highest BCUT2D eigenvalue weighted by atomic mass is 32.2. The van der Waals surface area contributed by atoms with Gasteiger partial charge in [-0.05, 0) is 40.0 Å². The molecule has 0 aromatic carbocycles. The SMILES string of the molecule is CSc1nnc(C(=S)NC(C)(C)C)cc1C(C)O. The first-order valence-electron chi connectivity index (χ1n) is 5.67. The summed E-state index contributed by atoms with van der Waals surface area (Å²) in [6.07, 6.45) is 1.32. The van der Waals surface area contributed by atoms with Crippen LogP contribution in [0.4, 0.5) is 0 Å². The molecule has 0 amide bonds. The Morgan fingerprint density at radius 1 is 1.44 bits per heavy atom. The molecule has 0 saturated heterocycles. The Kier molecular flexibility index (Phi) is 5.07. The molecule has 1 rings (SSSR count). The van der Waals surface area contributed by atoms with Crippen LogP contribution in [0.25, 0.3) is 0 Å². The number of nitrogens with one attached hydrogen (secondary N) is 1. The third kappa shape index (κ3) is 4.19. The molecule has 0 radical (unpaired) electrons. The van der Waals surface area contributed by atoms with E-state index < -0.39 is 6.10 Å². The molecular weight excluding hydrogens is 266 g/mol. The molecule has 0 bridgehead atoms. The minimum absolute atomic E-state index is 0.123. The van der Waals surface area contributed by atoms with Crippen LogP contribution in [-0.2, 0) is 0 Å². The monoisotopic (exact) mass is 285 g/mol. The van der Waals surface area contributed by atoms with Gasteiger partial charge >= 0.3 is 0 Å². The van der Waals surface area contributed by atoms with E-state index >= 15 is 0 Å². The smallest absolute Gasteiger partial charge is 0.127 e. The average Bonchev–Trinajstić information content (AvgIpc) is 2.25. The summed E-state index contributed by atoms with van der Waals surface area (Å²) in [7, 11) is 0. The third-order valence-electron chi connectivity index (χ3n) is 2.15. The van der Waals surface area contributed by atoms with Crippen molar-refractivity contribution in [1.82, 2.24) is 15.5 Å². The molecule has 1 unspecified atom stereocenters. The molecule has 0 aliphatic heterocycles. The Morgan fingerprint density at radius 2 is 2.06 bits per heavy atom. The van der Waals surface area contributed by atoms with Crippen LogP contribution >= 0.6 is 24.0 Å². The summed E-state index contributed by atoms with van der Waals surface area (Å²) in [4.78, 5) is 0.546. The summed E-state index contributed by atoms with van der Waals surface area (Å²) in [6, 6.07) is 1.80. The molecule has 6 heteroatoms. The van der Waals surface area contributed by atoms with Crippen molar-refractivity contribution < 1.29 is 5.11 Å². The molecule has 1 heterocycles. The molecule has 0 spiro atoms. The number of thioether (sulfide) groups is 1. The number of aliphatic hydroxyl groups excluding tert-OH is 1. The number of hydrogen-bond acceptors (Lipinski definition) is 5. The number of aliphatic hydroxyl groups is 1. The molecule has 1 aromatic heterocycles. The lowest BCUT2D eigenvalue weighted by molar-refractivity contribution is 0.195. The standard InChI is InChI=1S/C12H19N3OS2/c1-7(16)8-6-9(14-15-11(8)18-5)10(17)13-12(2,3)4/h6-7,16H,1-5H3,(H,13,17).